The number of rotatable bonds is 14. The molecule has 0 saturated heterocycles. The van der Waals surface area contributed by atoms with E-state index in [4.69, 9.17) is 0 Å². The van der Waals surface area contributed by atoms with Crippen molar-refractivity contribution in [2.24, 2.45) is 5.92 Å². The van der Waals surface area contributed by atoms with E-state index in [1.807, 2.05) is 0 Å². The highest BCUT2D eigenvalue weighted by atomic mass is 14.1. The van der Waals surface area contributed by atoms with E-state index in [1.165, 1.54) is 109 Å². The summed E-state index contributed by atoms with van der Waals surface area (Å²) in [5.74, 6) is 1.02. The Hall–Kier alpha value is -0.260. The first-order chi connectivity index (χ1) is 10.4. The monoisotopic (exact) mass is 292 g/mol. The molecule has 0 spiro atoms. The third-order valence-corrected chi connectivity index (χ3v) is 5.09. The summed E-state index contributed by atoms with van der Waals surface area (Å²) in [6.07, 6.45) is 29.5. The normalized spacial score (nSPS) is 18.2. The van der Waals surface area contributed by atoms with Crippen molar-refractivity contribution in [3.8, 4) is 0 Å². The molecule has 0 amide bonds. The zero-order chi connectivity index (χ0) is 15.0. The van der Waals surface area contributed by atoms with Crippen LogP contribution in [0.1, 0.15) is 116 Å². The molecule has 0 N–H and O–H groups in total. The van der Waals surface area contributed by atoms with Gasteiger partial charge in [0.05, 0.1) is 0 Å². The number of unbranched alkanes of at least 4 members (excludes halogenated alkanes) is 12. The number of allylic oxidation sites excluding steroid dienone is 2. The van der Waals surface area contributed by atoms with Gasteiger partial charge < -0.3 is 0 Å². The van der Waals surface area contributed by atoms with Crippen molar-refractivity contribution in [1.29, 1.82) is 0 Å². The first kappa shape index (κ1) is 18.8. The zero-order valence-corrected chi connectivity index (χ0v) is 14.8. The lowest BCUT2D eigenvalue weighted by atomic mass is 9.89. The van der Waals surface area contributed by atoms with Crippen LogP contribution in [0, 0.1) is 5.92 Å². The van der Waals surface area contributed by atoms with Gasteiger partial charge in [-0.2, -0.15) is 0 Å². The summed E-state index contributed by atoms with van der Waals surface area (Å²) in [6, 6.07) is 0. The van der Waals surface area contributed by atoms with Crippen LogP contribution in [-0.2, 0) is 0 Å². The lowest BCUT2D eigenvalue weighted by Gasteiger charge is -2.17. The maximum atomic E-state index is 2.40. The van der Waals surface area contributed by atoms with Gasteiger partial charge in [0.25, 0.3) is 0 Å². The fourth-order valence-electron chi connectivity index (χ4n) is 3.57. The van der Waals surface area contributed by atoms with E-state index in [2.05, 4.69) is 19.1 Å². The minimum Gasteiger partial charge on any atom is -0.0885 e. The Balaban J connectivity index is 1.70. The maximum Gasteiger partial charge on any atom is -0.0322 e. The van der Waals surface area contributed by atoms with Crippen LogP contribution in [0.25, 0.3) is 0 Å². The summed E-state index contributed by atoms with van der Waals surface area (Å²) in [5.41, 5.74) is 0. The molecule has 0 bridgehead atoms. The van der Waals surface area contributed by atoms with E-state index in [0.29, 0.717) is 0 Å². The standard InChI is InChI=1S/C21H40/c1-2-3-4-5-6-7-8-9-10-11-12-13-15-18-21-19-16-14-17-20-21/h14,16,21H,2-13,15,17-20H2,1H3. The first-order valence-corrected chi connectivity index (χ1v) is 10.1. The minimum atomic E-state index is 1.02. The van der Waals surface area contributed by atoms with Gasteiger partial charge in [-0.1, -0.05) is 109 Å². The molecule has 21 heavy (non-hydrogen) atoms. The van der Waals surface area contributed by atoms with Crippen molar-refractivity contribution in [3.63, 3.8) is 0 Å². The van der Waals surface area contributed by atoms with Crippen LogP contribution in [0.15, 0.2) is 12.2 Å². The highest BCUT2D eigenvalue weighted by molar-refractivity contribution is 4.89. The van der Waals surface area contributed by atoms with E-state index < -0.39 is 0 Å². The molecule has 0 aromatic heterocycles. The van der Waals surface area contributed by atoms with E-state index in [1.54, 1.807) is 0 Å². The van der Waals surface area contributed by atoms with E-state index in [0.717, 1.165) is 5.92 Å². The summed E-state index contributed by atoms with van der Waals surface area (Å²) in [4.78, 5) is 0. The fraction of sp³-hybridized carbons (Fsp3) is 0.905. The van der Waals surface area contributed by atoms with Crippen molar-refractivity contribution in [3.05, 3.63) is 12.2 Å². The van der Waals surface area contributed by atoms with Crippen LogP contribution in [0.3, 0.4) is 0 Å². The summed E-state index contributed by atoms with van der Waals surface area (Å²) < 4.78 is 0. The van der Waals surface area contributed by atoms with Crippen LogP contribution in [0.4, 0.5) is 0 Å². The Bertz CT molecular complexity index is 228. The highest BCUT2D eigenvalue weighted by Gasteiger charge is 2.08. The van der Waals surface area contributed by atoms with Gasteiger partial charge in [-0.15, -0.1) is 0 Å². The van der Waals surface area contributed by atoms with Gasteiger partial charge in [-0.05, 0) is 25.2 Å². The summed E-state index contributed by atoms with van der Waals surface area (Å²) in [7, 11) is 0. The van der Waals surface area contributed by atoms with Crippen molar-refractivity contribution in [1.82, 2.24) is 0 Å². The van der Waals surface area contributed by atoms with Crippen LogP contribution < -0.4 is 0 Å². The zero-order valence-electron chi connectivity index (χ0n) is 14.8. The second kappa shape index (κ2) is 14.7. The fourth-order valence-corrected chi connectivity index (χ4v) is 3.57. The van der Waals surface area contributed by atoms with Gasteiger partial charge in [-0.3, -0.25) is 0 Å². The van der Waals surface area contributed by atoms with Gasteiger partial charge in [0.15, 0.2) is 0 Å². The first-order valence-electron chi connectivity index (χ1n) is 10.1. The maximum absolute atomic E-state index is 2.40. The smallest absolute Gasteiger partial charge is 0.0322 e. The molecule has 0 aliphatic heterocycles. The van der Waals surface area contributed by atoms with Crippen LogP contribution in [0.2, 0.25) is 0 Å². The Morgan fingerprint density at radius 3 is 1.67 bits per heavy atom. The SMILES string of the molecule is CCCCCCCCCCCCCCCC1CC=CCC1. The van der Waals surface area contributed by atoms with E-state index in [9.17, 15) is 0 Å². The third-order valence-electron chi connectivity index (χ3n) is 5.09. The predicted octanol–water partition coefficient (Wildman–Crippen LogP) is 7.82. The van der Waals surface area contributed by atoms with E-state index in [-0.39, 0.29) is 0 Å². The van der Waals surface area contributed by atoms with Crippen LogP contribution in [0.5, 0.6) is 0 Å². The van der Waals surface area contributed by atoms with Gasteiger partial charge in [0, 0.05) is 0 Å². The Labute approximate surface area is 134 Å². The largest absolute Gasteiger partial charge is 0.0885 e. The minimum absolute atomic E-state index is 1.02. The van der Waals surface area contributed by atoms with Gasteiger partial charge >= 0.3 is 0 Å². The van der Waals surface area contributed by atoms with Crippen molar-refractivity contribution < 1.29 is 0 Å². The average molecular weight is 293 g/mol. The lowest BCUT2D eigenvalue weighted by molar-refractivity contribution is 0.418. The molecular weight excluding hydrogens is 252 g/mol. The molecule has 1 aliphatic carbocycles. The van der Waals surface area contributed by atoms with Crippen LogP contribution >= 0.6 is 0 Å². The topological polar surface area (TPSA) is 0 Å². The Morgan fingerprint density at radius 2 is 1.19 bits per heavy atom. The molecule has 0 saturated carbocycles. The molecule has 0 fully saturated rings. The van der Waals surface area contributed by atoms with Gasteiger partial charge in [-0.25, -0.2) is 0 Å². The molecule has 1 atom stereocenters. The molecule has 0 aromatic rings. The molecule has 1 aliphatic rings. The number of hydrogen-bond acceptors (Lipinski definition) is 0. The summed E-state index contributed by atoms with van der Waals surface area (Å²) in [6.45, 7) is 2.30. The van der Waals surface area contributed by atoms with Gasteiger partial charge in [0.2, 0.25) is 0 Å². The molecule has 0 nitrogen and oxygen atoms in total. The Morgan fingerprint density at radius 1 is 0.667 bits per heavy atom. The second-order valence-electron chi connectivity index (χ2n) is 7.18. The molecule has 0 heterocycles. The summed E-state index contributed by atoms with van der Waals surface area (Å²) in [5, 5.41) is 0. The highest BCUT2D eigenvalue weighted by Crippen LogP contribution is 2.24. The van der Waals surface area contributed by atoms with Crippen molar-refractivity contribution >= 4 is 0 Å². The quantitative estimate of drug-likeness (QED) is 0.226. The average Bonchev–Trinajstić information content (AvgIpc) is 2.53. The van der Waals surface area contributed by atoms with Gasteiger partial charge in [0.1, 0.15) is 0 Å². The predicted molar refractivity (Wildman–Crippen MR) is 96.8 cm³/mol. The Kier molecular flexibility index (Phi) is 13.1. The molecule has 0 aromatic carbocycles. The second-order valence-corrected chi connectivity index (χ2v) is 7.18. The molecule has 1 rings (SSSR count). The third kappa shape index (κ3) is 12.0. The molecule has 1 unspecified atom stereocenters. The molecule has 0 heteroatoms. The number of hydrogen-bond donors (Lipinski definition) is 0. The van der Waals surface area contributed by atoms with E-state index >= 15 is 0 Å². The summed E-state index contributed by atoms with van der Waals surface area (Å²) >= 11 is 0. The molecule has 124 valence electrons. The molecular formula is C21H40. The van der Waals surface area contributed by atoms with Crippen LogP contribution in [-0.4, -0.2) is 0 Å². The van der Waals surface area contributed by atoms with Crippen molar-refractivity contribution in [2.45, 2.75) is 116 Å². The van der Waals surface area contributed by atoms with Crippen molar-refractivity contribution in [2.75, 3.05) is 0 Å². The lowest BCUT2D eigenvalue weighted by Crippen LogP contribution is -2.02. The molecule has 0 radical (unpaired) electrons.